The Morgan fingerprint density at radius 3 is 2.50 bits per heavy atom. The van der Waals surface area contributed by atoms with Crippen LogP contribution in [0.5, 0.6) is 5.75 Å². The van der Waals surface area contributed by atoms with Gasteiger partial charge in [-0.1, -0.05) is 30.3 Å². The molecule has 0 bridgehead atoms. The Labute approximate surface area is 118 Å². The first-order chi connectivity index (χ1) is 9.61. The zero-order chi connectivity index (χ0) is 14.5. The first kappa shape index (κ1) is 14.1. The molecule has 0 heterocycles. The molecule has 1 amide bonds. The second kappa shape index (κ2) is 6.21. The summed E-state index contributed by atoms with van der Waals surface area (Å²) >= 11 is 0. The fourth-order valence-corrected chi connectivity index (χ4v) is 1.99. The van der Waals surface area contributed by atoms with E-state index in [1.165, 1.54) is 0 Å². The number of ether oxygens (including phenoxy) is 1. The number of hydrogen-bond donors (Lipinski definition) is 2. The molecule has 20 heavy (non-hydrogen) atoms. The van der Waals surface area contributed by atoms with Gasteiger partial charge in [0.25, 0.3) is 0 Å². The van der Waals surface area contributed by atoms with Crippen LogP contribution in [0.25, 0.3) is 0 Å². The first-order valence-corrected chi connectivity index (χ1v) is 6.38. The SMILES string of the molecule is COc1ccc(NC(=O)[C@H](N)c2ccccc2)cc1C. The summed E-state index contributed by atoms with van der Waals surface area (Å²) in [5, 5.41) is 2.81. The number of rotatable bonds is 4. The monoisotopic (exact) mass is 270 g/mol. The smallest absolute Gasteiger partial charge is 0.245 e. The highest BCUT2D eigenvalue weighted by atomic mass is 16.5. The standard InChI is InChI=1S/C16H18N2O2/c1-11-10-13(8-9-14(11)20-2)18-16(19)15(17)12-6-4-3-5-7-12/h3-10,15H,17H2,1-2H3,(H,18,19)/t15-/m1/s1. The minimum absolute atomic E-state index is 0.235. The third-order valence-corrected chi connectivity index (χ3v) is 3.10. The predicted molar refractivity (Wildman–Crippen MR) is 79.7 cm³/mol. The van der Waals surface area contributed by atoms with E-state index >= 15 is 0 Å². The van der Waals surface area contributed by atoms with Crippen molar-refractivity contribution in [3.8, 4) is 5.75 Å². The zero-order valence-corrected chi connectivity index (χ0v) is 11.6. The van der Waals surface area contributed by atoms with Crippen molar-refractivity contribution in [1.29, 1.82) is 0 Å². The van der Waals surface area contributed by atoms with Crippen molar-refractivity contribution in [1.82, 2.24) is 0 Å². The van der Waals surface area contributed by atoms with E-state index < -0.39 is 6.04 Å². The number of hydrogen-bond acceptors (Lipinski definition) is 3. The van der Waals surface area contributed by atoms with Gasteiger partial charge in [-0.05, 0) is 36.2 Å². The number of methoxy groups -OCH3 is 1. The van der Waals surface area contributed by atoms with Crippen molar-refractivity contribution < 1.29 is 9.53 Å². The Hall–Kier alpha value is -2.33. The topological polar surface area (TPSA) is 64.3 Å². The van der Waals surface area contributed by atoms with Crippen LogP contribution in [0.1, 0.15) is 17.2 Å². The Morgan fingerprint density at radius 1 is 1.20 bits per heavy atom. The second-order valence-electron chi connectivity index (χ2n) is 4.56. The average molecular weight is 270 g/mol. The minimum Gasteiger partial charge on any atom is -0.496 e. The van der Waals surface area contributed by atoms with Gasteiger partial charge in [-0.15, -0.1) is 0 Å². The molecule has 0 aliphatic carbocycles. The van der Waals surface area contributed by atoms with Crippen LogP contribution in [0.15, 0.2) is 48.5 Å². The van der Waals surface area contributed by atoms with Gasteiger partial charge in [0, 0.05) is 5.69 Å². The maximum atomic E-state index is 12.1. The molecular formula is C16H18N2O2. The van der Waals surface area contributed by atoms with Gasteiger partial charge in [0.1, 0.15) is 11.8 Å². The van der Waals surface area contributed by atoms with E-state index in [0.29, 0.717) is 5.69 Å². The van der Waals surface area contributed by atoms with Crippen LogP contribution in [0, 0.1) is 6.92 Å². The second-order valence-corrected chi connectivity index (χ2v) is 4.56. The molecule has 0 radical (unpaired) electrons. The van der Waals surface area contributed by atoms with Crippen LogP contribution in [0.3, 0.4) is 0 Å². The quantitative estimate of drug-likeness (QED) is 0.897. The summed E-state index contributed by atoms with van der Waals surface area (Å²) in [5.74, 6) is 0.552. The number of carbonyl (C=O) groups excluding carboxylic acids is 1. The lowest BCUT2D eigenvalue weighted by atomic mass is 10.1. The molecule has 0 aliphatic rings. The number of aryl methyl sites for hydroxylation is 1. The molecule has 0 unspecified atom stereocenters. The summed E-state index contributed by atoms with van der Waals surface area (Å²) in [6.45, 7) is 1.92. The molecule has 2 rings (SSSR count). The Kier molecular flexibility index (Phi) is 4.38. The van der Waals surface area contributed by atoms with Crippen molar-refractivity contribution in [3.63, 3.8) is 0 Å². The van der Waals surface area contributed by atoms with Gasteiger partial charge in [-0.3, -0.25) is 4.79 Å². The van der Waals surface area contributed by atoms with Crippen LogP contribution >= 0.6 is 0 Å². The van der Waals surface area contributed by atoms with Gasteiger partial charge in [0.2, 0.25) is 5.91 Å². The van der Waals surface area contributed by atoms with Crippen molar-refractivity contribution in [2.24, 2.45) is 5.73 Å². The van der Waals surface area contributed by atoms with Gasteiger partial charge in [0.15, 0.2) is 0 Å². The highest BCUT2D eigenvalue weighted by molar-refractivity contribution is 5.95. The van der Waals surface area contributed by atoms with Crippen LogP contribution < -0.4 is 15.8 Å². The van der Waals surface area contributed by atoms with Crippen molar-refractivity contribution in [2.45, 2.75) is 13.0 Å². The Bertz CT molecular complexity index is 597. The molecule has 2 aromatic rings. The lowest BCUT2D eigenvalue weighted by Crippen LogP contribution is -2.27. The average Bonchev–Trinajstić information content (AvgIpc) is 2.47. The molecule has 0 aromatic heterocycles. The fourth-order valence-electron chi connectivity index (χ4n) is 1.99. The summed E-state index contributed by atoms with van der Waals surface area (Å²) in [5.41, 5.74) is 8.40. The number of amides is 1. The number of anilines is 1. The highest BCUT2D eigenvalue weighted by Crippen LogP contribution is 2.22. The molecule has 0 fully saturated rings. The van der Waals surface area contributed by atoms with E-state index in [2.05, 4.69) is 5.32 Å². The molecule has 0 aliphatic heterocycles. The Morgan fingerprint density at radius 2 is 1.90 bits per heavy atom. The highest BCUT2D eigenvalue weighted by Gasteiger charge is 2.15. The van der Waals surface area contributed by atoms with E-state index in [4.69, 9.17) is 10.5 Å². The van der Waals surface area contributed by atoms with Crippen LogP contribution in [-0.2, 0) is 4.79 Å². The summed E-state index contributed by atoms with van der Waals surface area (Å²) in [6, 6.07) is 14.1. The number of benzene rings is 2. The van der Waals surface area contributed by atoms with Crippen molar-refractivity contribution >= 4 is 11.6 Å². The summed E-state index contributed by atoms with van der Waals surface area (Å²) in [6.07, 6.45) is 0. The number of nitrogens with two attached hydrogens (primary N) is 1. The lowest BCUT2D eigenvalue weighted by molar-refractivity contribution is -0.117. The molecule has 3 N–H and O–H groups in total. The van der Waals surface area contributed by atoms with Crippen molar-refractivity contribution in [2.75, 3.05) is 12.4 Å². The first-order valence-electron chi connectivity index (χ1n) is 6.38. The van der Waals surface area contributed by atoms with Gasteiger partial charge >= 0.3 is 0 Å². The molecule has 104 valence electrons. The maximum Gasteiger partial charge on any atom is 0.245 e. The summed E-state index contributed by atoms with van der Waals surface area (Å²) in [7, 11) is 1.62. The fraction of sp³-hybridized carbons (Fsp3) is 0.188. The molecule has 2 aromatic carbocycles. The molecule has 0 saturated carbocycles. The number of carbonyl (C=O) groups is 1. The van der Waals surface area contributed by atoms with Gasteiger partial charge in [-0.25, -0.2) is 0 Å². The maximum absolute atomic E-state index is 12.1. The largest absolute Gasteiger partial charge is 0.496 e. The summed E-state index contributed by atoms with van der Waals surface area (Å²) < 4.78 is 5.18. The van der Waals surface area contributed by atoms with Gasteiger partial charge in [-0.2, -0.15) is 0 Å². The summed E-state index contributed by atoms with van der Waals surface area (Å²) in [4.78, 5) is 12.1. The predicted octanol–water partition coefficient (Wildman–Crippen LogP) is 2.64. The zero-order valence-electron chi connectivity index (χ0n) is 11.6. The van der Waals surface area contributed by atoms with E-state index in [1.807, 2.05) is 49.4 Å². The van der Waals surface area contributed by atoms with Gasteiger partial charge < -0.3 is 15.8 Å². The number of nitrogens with one attached hydrogen (secondary N) is 1. The molecule has 4 nitrogen and oxygen atoms in total. The molecular weight excluding hydrogens is 252 g/mol. The third kappa shape index (κ3) is 3.16. The molecule has 0 spiro atoms. The normalized spacial score (nSPS) is 11.8. The lowest BCUT2D eigenvalue weighted by Gasteiger charge is -2.13. The van der Waals surface area contributed by atoms with Crippen LogP contribution in [0.4, 0.5) is 5.69 Å². The Balaban J connectivity index is 2.10. The third-order valence-electron chi connectivity index (χ3n) is 3.10. The van der Waals surface area contributed by atoms with E-state index in [0.717, 1.165) is 16.9 Å². The molecule has 1 atom stereocenters. The van der Waals surface area contributed by atoms with Crippen molar-refractivity contribution in [3.05, 3.63) is 59.7 Å². The van der Waals surface area contributed by atoms with E-state index in [1.54, 1.807) is 13.2 Å². The van der Waals surface area contributed by atoms with Gasteiger partial charge in [0.05, 0.1) is 7.11 Å². The van der Waals surface area contributed by atoms with E-state index in [9.17, 15) is 4.79 Å². The minimum atomic E-state index is -0.682. The van der Waals surface area contributed by atoms with Crippen LogP contribution in [0.2, 0.25) is 0 Å². The van der Waals surface area contributed by atoms with E-state index in [-0.39, 0.29) is 5.91 Å². The molecule has 0 saturated heterocycles. The molecule has 4 heteroatoms. The van der Waals surface area contributed by atoms with Crippen LogP contribution in [-0.4, -0.2) is 13.0 Å².